The van der Waals surface area contributed by atoms with Crippen molar-refractivity contribution < 1.29 is 0 Å². The molecule has 0 unspecified atom stereocenters. The van der Waals surface area contributed by atoms with Crippen LogP contribution in [0.2, 0.25) is 0 Å². The Morgan fingerprint density at radius 2 is 2.00 bits per heavy atom. The first-order valence-electron chi connectivity index (χ1n) is 3.84. The van der Waals surface area contributed by atoms with Crippen molar-refractivity contribution >= 4 is 0 Å². The van der Waals surface area contributed by atoms with E-state index < -0.39 is 0 Å². The van der Waals surface area contributed by atoms with E-state index in [-0.39, 0.29) is 0 Å². The van der Waals surface area contributed by atoms with Crippen LogP contribution in [0.5, 0.6) is 0 Å². The Morgan fingerprint density at radius 1 is 1.50 bits per heavy atom. The molecule has 0 aliphatic rings. The molecule has 0 atom stereocenters. The topological polar surface area (TPSA) is 0 Å². The smallest absolute Gasteiger partial charge is 0.0147 e. The summed E-state index contributed by atoms with van der Waals surface area (Å²) in [6.45, 7) is 12.5. The van der Waals surface area contributed by atoms with E-state index in [2.05, 4.69) is 40.3 Å². The van der Waals surface area contributed by atoms with Crippen molar-refractivity contribution in [1.82, 2.24) is 0 Å². The third-order valence-corrected chi connectivity index (χ3v) is 2.32. The standard InChI is InChI=1S/C10H18/c1-6-8-9(3)10(4,5)7-2/h6,8H,1,7H2,2-5H3. The zero-order valence-electron chi connectivity index (χ0n) is 7.57. The number of allylic oxidation sites excluding steroid dienone is 3. The molecule has 0 N–H and O–H groups in total. The fraction of sp³-hybridized carbons (Fsp3) is 0.600. The minimum absolute atomic E-state index is 0.341. The lowest BCUT2D eigenvalue weighted by Gasteiger charge is -2.23. The van der Waals surface area contributed by atoms with Crippen LogP contribution < -0.4 is 0 Å². The molecule has 0 amide bonds. The summed E-state index contributed by atoms with van der Waals surface area (Å²) >= 11 is 0. The predicted molar refractivity (Wildman–Crippen MR) is 48.0 cm³/mol. The minimum Gasteiger partial charge on any atom is -0.0991 e. The molecule has 0 saturated carbocycles. The van der Waals surface area contributed by atoms with E-state index in [1.807, 2.05) is 6.08 Å². The molecule has 0 aliphatic heterocycles. The van der Waals surface area contributed by atoms with E-state index in [0.29, 0.717) is 5.41 Å². The quantitative estimate of drug-likeness (QED) is 0.523. The van der Waals surface area contributed by atoms with Crippen LogP contribution in [0.1, 0.15) is 34.1 Å². The lowest BCUT2D eigenvalue weighted by Crippen LogP contribution is -2.10. The second-order valence-electron chi connectivity index (χ2n) is 3.32. The molecule has 0 aliphatic carbocycles. The summed E-state index contributed by atoms with van der Waals surface area (Å²) in [5, 5.41) is 0. The molecule has 0 heteroatoms. The van der Waals surface area contributed by atoms with Crippen LogP contribution in [0.15, 0.2) is 24.3 Å². The molecular formula is C10H18. The van der Waals surface area contributed by atoms with Crippen LogP contribution in [0.4, 0.5) is 0 Å². The number of hydrogen-bond acceptors (Lipinski definition) is 0. The molecule has 10 heavy (non-hydrogen) atoms. The summed E-state index contributed by atoms with van der Waals surface area (Å²) < 4.78 is 0. The maximum atomic E-state index is 3.67. The number of hydrogen-bond donors (Lipinski definition) is 0. The normalized spacial score (nSPS) is 13.4. The number of rotatable bonds is 3. The first-order valence-corrected chi connectivity index (χ1v) is 3.84. The van der Waals surface area contributed by atoms with Crippen molar-refractivity contribution in [1.29, 1.82) is 0 Å². The Hall–Kier alpha value is -0.520. The predicted octanol–water partition coefficient (Wildman–Crippen LogP) is 3.55. The lowest BCUT2D eigenvalue weighted by molar-refractivity contribution is 0.429. The van der Waals surface area contributed by atoms with Crippen LogP contribution in [0.3, 0.4) is 0 Å². The van der Waals surface area contributed by atoms with Crippen LogP contribution >= 0.6 is 0 Å². The molecule has 0 saturated heterocycles. The third-order valence-electron chi connectivity index (χ3n) is 2.32. The van der Waals surface area contributed by atoms with Crippen LogP contribution in [-0.2, 0) is 0 Å². The molecule has 0 rings (SSSR count). The Bertz CT molecular complexity index is 138. The molecule has 0 bridgehead atoms. The summed E-state index contributed by atoms with van der Waals surface area (Å²) in [5.41, 5.74) is 1.75. The van der Waals surface area contributed by atoms with Gasteiger partial charge in [-0.2, -0.15) is 0 Å². The van der Waals surface area contributed by atoms with Gasteiger partial charge in [0.15, 0.2) is 0 Å². The third kappa shape index (κ3) is 2.38. The Balaban J connectivity index is 4.31. The lowest BCUT2D eigenvalue weighted by atomic mass is 9.82. The molecule has 58 valence electrons. The molecule has 0 heterocycles. The zero-order valence-corrected chi connectivity index (χ0v) is 7.57. The summed E-state index contributed by atoms with van der Waals surface area (Å²) in [4.78, 5) is 0. The van der Waals surface area contributed by atoms with Gasteiger partial charge < -0.3 is 0 Å². The maximum absolute atomic E-state index is 3.67. The van der Waals surface area contributed by atoms with Crippen molar-refractivity contribution in [3.63, 3.8) is 0 Å². The molecule has 0 aromatic carbocycles. The molecule has 0 aromatic heterocycles. The SMILES string of the molecule is C=CC=C(C)C(C)(C)CC. The van der Waals surface area contributed by atoms with E-state index in [1.165, 1.54) is 12.0 Å². The van der Waals surface area contributed by atoms with Gasteiger partial charge in [0.1, 0.15) is 0 Å². The monoisotopic (exact) mass is 138 g/mol. The highest BCUT2D eigenvalue weighted by Crippen LogP contribution is 2.28. The summed E-state index contributed by atoms with van der Waals surface area (Å²) in [6.07, 6.45) is 5.12. The average Bonchev–Trinajstić information content (AvgIpc) is 1.89. The molecule has 0 nitrogen and oxygen atoms in total. The minimum atomic E-state index is 0.341. The molecule has 0 fully saturated rings. The van der Waals surface area contributed by atoms with Gasteiger partial charge in [-0.3, -0.25) is 0 Å². The van der Waals surface area contributed by atoms with Crippen LogP contribution in [0, 0.1) is 5.41 Å². The highest BCUT2D eigenvalue weighted by Gasteiger charge is 2.15. The van der Waals surface area contributed by atoms with Gasteiger partial charge in [0, 0.05) is 0 Å². The van der Waals surface area contributed by atoms with Gasteiger partial charge >= 0.3 is 0 Å². The fourth-order valence-electron chi connectivity index (χ4n) is 0.681. The van der Waals surface area contributed by atoms with E-state index in [9.17, 15) is 0 Å². The van der Waals surface area contributed by atoms with E-state index in [1.54, 1.807) is 0 Å². The summed E-state index contributed by atoms with van der Waals surface area (Å²) in [5.74, 6) is 0. The van der Waals surface area contributed by atoms with Gasteiger partial charge in [-0.25, -0.2) is 0 Å². The van der Waals surface area contributed by atoms with Crippen LogP contribution in [-0.4, -0.2) is 0 Å². The van der Waals surface area contributed by atoms with E-state index >= 15 is 0 Å². The summed E-state index contributed by atoms with van der Waals surface area (Å²) in [6, 6.07) is 0. The second kappa shape index (κ2) is 3.60. The van der Waals surface area contributed by atoms with Gasteiger partial charge in [0.2, 0.25) is 0 Å². The summed E-state index contributed by atoms with van der Waals surface area (Å²) in [7, 11) is 0. The van der Waals surface area contributed by atoms with Gasteiger partial charge in [0.05, 0.1) is 0 Å². The first-order chi connectivity index (χ1) is 4.54. The molecular weight excluding hydrogens is 120 g/mol. The van der Waals surface area contributed by atoms with E-state index in [0.717, 1.165) is 0 Å². The zero-order chi connectivity index (χ0) is 8.20. The highest BCUT2D eigenvalue weighted by atomic mass is 14.2. The van der Waals surface area contributed by atoms with Crippen molar-refractivity contribution in [2.45, 2.75) is 34.1 Å². The fourth-order valence-corrected chi connectivity index (χ4v) is 0.681. The van der Waals surface area contributed by atoms with Gasteiger partial charge in [-0.1, -0.05) is 45.1 Å². The Morgan fingerprint density at radius 3 is 2.30 bits per heavy atom. The Labute approximate surface area is 64.6 Å². The van der Waals surface area contributed by atoms with Gasteiger partial charge in [-0.15, -0.1) is 0 Å². The van der Waals surface area contributed by atoms with Crippen LogP contribution in [0.25, 0.3) is 0 Å². The van der Waals surface area contributed by atoms with Gasteiger partial charge in [-0.05, 0) is 18.8 Å². The molecule has 0 spiro atoms. The average molecular weight is 138 g/mol. The Kier molecular flexibility index (Phi) is 3.41. The van der Waals surface area contributed by atoms with Crippen molar-refractivity contribution in [2.75, 3.05) is 0 Å². The second-order valence-corrected chi connectivity index (χ2v) is 3.32. The largest absolute Gasteiger partial charge is 0.0991 e. The molecule has 0 aromatic rings. The van der Waals surface area contributed by atoms with Gasteiger partial charge in [0.25, 0.3) is 0 Å². The maximum Gasteiger partial charge on any atom is -0.0147 e. The first kappa shape index (κ1) is 9.48. The van der Waals surface area contributed by atoms with E-state index in [4.69, 9.17) is 0 Å². The van der Waals surface area contributed by atoms with Crippen molar-refractivity contribution in [3.05, 3.63) is 24.3 Å². The molecule has 0 radical (unpaired) electrons. The van der Waals surface area contributed by atoms with Crippen molar-refractivity contribution in [3.8, 4) is 0 Å². The highest BCUT2D eigenvalue weighted by molar-refractivity contribution is 5.14. The van der Waals surface area contributed by atoms with Crippen molar-refractivity contribution in [2.24, 2.45) is 5.41 Å².